The standard InChI is InChI=1S/C25H42N6O3/c1-5-25(6-2,31-21(32)18(3)4)23(34)30-20(15-11-17-29-24(26)27)22(33)28-16-10-14-19-12-8-7-9-13-19/h7-9,12-13,18,20H,5-6,10-11,14-17H2,1-4H3,(H,28,33)(H,30,34)(H,31,32)(H4,26,27,29). The van der Waals surface area contributed by atoms with Crippen LogP contribution in [0.2, 0.25) is 0 Å². The predicted molar refractivity (Wildman–Crippen MR) is 136 cm³/mol. The molecular formula is C25H42N6O3. The van der Waals surface area contributed by atoms with E-state index in [0.29, 0.717) is 38.8 Å². The normalized spacial score (nSPS) is 12.0. The van der Waals surface area contributed by atoms with Gasteiger partial charge in [-0.15, -0.1) is 0 Å². The van der Waals surface area contributed by atoms with Crippen LogP contribution in [0, 0.1) is 5.92 Å². The van der Waals surface area contributed by atoms with Crippen molar-refractivity contribution in [2.75, 3.05) is 13.1 Å². The van der Waals surface area contributed by atoms with Gasteiger partial charge >= 0.3 is 0 Å². The molecule has 0 fully saturated rings. The van der Waals surface area contributed by atoms with Crippen LogP contribution < -0.4 is 27.4 Å². The highest BCUT2D eigenvalue weighted by molar-refractivity contribution is 5.95. The number of hydrogen-bond acceptors (Lipinski definition) is 4. The Balaban J connectivity index is 2.83. The maximum absolute atomic E-state index is 13.3. The summed E-state index contributed by atoms with van der Waals surface area (Å²) in [7, 11) is 0. The summed E-state index contributed by atoms with van der Waals surface area (Å²) < 4.78 is 0. The van der Waals surface area contributed by atoms with Crippen molar-refractivity contribution < 1.29 is 14.4 Å². The molecule has 0 aromatic heterocycles. The van der Waals surface area contributed by atoms with Crippen molar-refractivity contribution in [1.29, 1.82) is 0 Å². The van der Waals surface area contributed by atoms with Gasteiger partial charge in [0.1, 0.15) is 11.6 Å². The van der Waals surface area contributed by atoms with Crippen LogP contribution in [0.25, 0.3) is 0 Å². The van der Waals surface area contributed by atoms with Gasteiger partial charge in [-0.05, 0) is 44.1 Å². The Labute approximate surface area is 203 Å². The zero-order chi connectivity index (χ0) is 25.6. The van der Waals surface area contributed by atoms with E-state index in [4.69, 9.17) is 11.5 Å². The van der Waals surface area contributed by atoms with Gasteiger partial charge in [-0.2, -0.15) is 0 Å². The lowest BCUT2D eigenvalue weighted by Gasteiger charge is -2.33. The highest BCUT2D eigenvalue weighted by Gasteiger charge is 2.38. The number of aryl methyl sites for hydroxylation is 1. The van der Waals surface area contributed by atoms with Gasteiger partial charge in [0.15, 0.2) is 5.96 Å². The van der Waals surface area contributed by atoms with Crippen LogP contribution in [0.4, 0.5) is 0 Å². The van der Waals surface area contributed by atoms with E-state index in [-0.39, 0.29) is 29.6 Å². The van der Waals surface area contributed by atoms with Gasteiger partial charge < -0.3 is 27.4 Å². The first-order valence-electron chi connectivity index (χ1n) is 12.1. The van der Waals surface area contributed by atoms with Gasteiger partial charge in [0.2, 0.25) is 17.7 Å². The minimum Gasteiger partial charge on any atom is -0.370 e. The number of nitrogens with two attached hydrogens (primary N) is 2. The second-order valence-electron chi connectivity index (χ2n) is 8.79. The molecule has 190 valence electrons. The van der Waals surface area contributed by atoms with Gasteiger partial charge in [-0.3, -0.25) is 19.4 Å². The second-order valence-corrected chi connectivity index (χ2v) is 8.79. The highest BCUT2D eigenvalue weighted by Crippen LogP contribution is 2.17. The average Bonchev–Trinajstić information content (AvgIpc) is 2.82. The molecule has 0 saturated carbocycles. The molecular weight excluding hydrogens is 432 g/mol. The van der Waals surface area contributed by atoms with Crippen LogP contribution in [0.5, 0.6) is 0 Å². The molecule has 0 aliphatic rings. The molecule has 0 heterocycles. The van der Waals surface area contributed by atoms with Crippen LogP contribution in [0.15, 0.2) is 35.3 Å². The number of rotatable bonds is 15. The summed E-state index contributed by atoms with van der Waals surface area (Å²) in [4.78, 5) is 42.5. The Morgan fingerprint density at radius 3 is 2.21 bits per heavy atom. The van der Waals surface area contributed by atoms with Crippen LogP contribution in [0.3, 0.4) is 0 Å². The Bertz CT molecular complexity index is 802. The van der Waals surface area contributed by atoms with Crippen LogP contribution in [-0.2, 0) is 20.8 Å². The fraction of sp³-hybridized carbons (Fsp3) is 0.600. The number of carbonyl (C=O) groups excluding carboxylic acids is 3. The van der Waals surface area contributed by atoms with Crippen LogP contribution in [0.1, 0.15) is 65.4 Å². The van der Waals surface area contributed by atoms with Crippen molar-refractivity contribution in [2.24, 2.45) is 22.4 Å². The molecule has 0 bridgehead atoms. The quantitative estimate of drug-likeness (QED) is 0.149. The zero-order valence-corrected chi connectivity index (χ0v) is 21.0. The van der Waals surface area contributed by atoms with Gasteiger partial charge in [0.25, 0.3) is 0 Å². The summed E-state index contributed by atoms with van der Waals surface area (Å²) in [6.45, 7) is 8.09. The minimum absolute atomic E-state index is 0.0154. The SMILES string of the molecule is CCC(CC)(NC(=O)C(C)C)C(=O)NC(CCCN=C(N)N)C(=O)NCCCc1ccccc1. The molecule has 7 N–H and O–H groups in total. The maximum Gasteiger partial charge on any atom is 0.246 e. The van der Waals surface area contributed by atoms with Gasteiger partial charge in [0, 0.05) is 19.0 Å². The average molecular weight is 475 g/mol. The molecule has 1 rings (SSSR count). The van der Waals surface area contributed by atoms with E-state index in [1.165, 1.54) is 5.56 Å². The van der Waals surface area contributed by atoms with Crippen molar-refractivity contribution in [2.45, 2.75) is 77.8 Å². The number of hydrogen-bond donors (Lipinski definition) is 5. The monoisotopic (exact) mass is 474 g/mol. The molecule has 0 aliphatic heterocycles. The van der Waals surface area contributed by atoms with Crippen molar-refractivity contribution >= 4 is 23.7 Å². The fourth-order valence-electron chi connectivity index (χ4n) is 3.53. The number of amides is 3. The van der Waals surface area contributed by atoms with Crippen molar-refractivity contribution in [3.63, 3.8) is 0 Å². The molecule has 0 spiro atoms. The highest BCUT2D eigenvalue weighted by atomic mass is 16.2. The first-order chi connectivity index (χ1) is 16.1. The predicted octanol–water partition coefficient (Wildman–Crippen LogP) is 1.60. The Hall–Kier alpha value is -3.10. The van der Waals surface area contributed by atoms with E-state index < -0.39 is 11.6 Å². The zero-order valence-electron chi connectivity index (χ0n) is 21.0. The summed E-state index contributed by atoms with van der Waals surface area (Å²) in [5.41, 5.74) is 10.9. The lowest BCUT2D eigenvalue weighted by molar-refractivity contribution is -0.137. The van der Waals surface area contributed by atoms with E-state index in [9.17, 15) is 14.4 Å². The Morgan fingerprint density at radius 1 is 1.00 bits per heavy atom. The molecule has 0 aliphatic carbocycles. The number of nitrogens with one attached hydrogen (secondary N) is 3. The molecule has 1 unspecified atom stereocenters. The Morgan fingerprint density at radius 2 is 1.65 bits per heavy atom. The van der Waals surface area contributed by atoms with E-state index in [1.54, 1.807) is 13.8 Å². The molecule has 1 aromatic rings. The molecule has 3 amide bonds. The number of carbonyl (C=O) groups is 3. The maximum atomic E-state index is 13.3. The van der Waals surface area contributed by atoms with Crippen LogP contribution >= 0.6 is 0 Å². The molecule has 1 aromatic carbocycles. The molecule has 9 nitrogen and oxygen atoms in total. The summed E-state index contributed by atoms with van der Waals surface area (Å²) in [6, 6.07) is 9.29. The fourth-order valence-corrected chi connectivity index (χ4v) is 3.53. The second kappa shape index (κ2) is 14.9. The minimum atomic E-state index is -1.08. The van der Waals surface area contributed by atoms with Crippen molar-refractivity contribution in [3.8, 4) is 0 Å². The molecule has 0 radical (unpaired) electrons. The topological polar surface area (TPSA) is 152 Å². The van der Waals surface area contributed by atoms with Gasteiger partial charge in [-0.25, -0.2) is 0 Å². The smallest absolute Gasteiger partial charge is 0.246 e. The summed E-state index contributed by atoms with van der Waals surface area (Å²) >= 11 is 0. The van der Waals surface area contributed by atoms with Crippen molar-refractivity contribution in [1.82, 2.24) is 16.0 Å². The first-order valence-corrected chi connectivity index (χ1v) is 12.1. The molecule has 1 atom stereocenters. The third-order valence-electron chi connectivity index (χ3n) is 5.88. The van der Waals surface area contributed by atoms with Gasteiger partial charge in [0.05, 0.1) is 0 Å². The summed E-state index contributed by atoms with van der Waals surface area (Å²) in [5, 5.41) is 8.69. The number of guanidine groups is 1. The number of aliphatic imine (C=N–C) groups is 1. The molecule has 34 heavy (non-hydrogen) atoms. The first kappa shape index (κ1) is 28.9. The van der Waals surface area contributed by atoms with Crippen molar-refractivity contribution in [3.05, 3.63) is 35.9 Å². The van der Waals surface area contributed by atoms with E-state index in [0.717, 1.165) is 12.8 Å². The summed E-state index contributed by atoms with van der Waals surface area (Å²) in [6.07, 6.45) is 3.33. The lowest BCUT2D eigenvalue weighted by atomic mass is 9.90. The third-order valence-corrected chi connectivity index (χ3v) is 5.88. The van der Waals surface area contributed by atoms with E-state index in [1.807, 2.05) is 32.0 Å². The Kier molecular flexibility index (Phi) is 12.7. The number of benzene rings is 1. The largest absolute Gasteiger partial charge is 0.370 e. The lowest BCUT2D eigenvalue weighted by Crippen LogP contribution is -2.62. The summed E-state index contributed by atoms with van der Waals surface area (Å²) in [5.74, 6) is -1.10. The van der Waals surface area contributed by atoms with Gasteiger partial charge in [-0.1, -0.05) is 58.0 Å². The number of nitrogens with zero attached hydrogens (tertiary/aromatic N) is 1. The molecule has 0 saturated heterocycles. The van der Waals surface area contributed by atoms with E-state index in [2.05, 4.69) is 33.1 Å². The van der Waals surface area contributed by atoms with Crippen LogP contribution in [-0.4, -0.2) is 48.4 Å². The molecule has 9 heteroatoms. The van der Waals surface area contributed by atoms with E-state index >= 15 is 0 Å². The third kappa shape index (κ3) is 9.80.